The number of amides is 1. The van der Waals surface area contributed by atoms with Gasteiger partial charge < -0.3 is 33.7 Å². The third-order valence-electron chi connectivity index (χ3n) is 7.33. The van der Waals surface area contributed by atoms with E-state index in [0.29, 0.717) is 46.7 Å². The molecule has 1 fully saturated rings. The molecule has 0 aromatic heterocycles. The lowest BCUT2D eigenvalue weighted by molar-refractivity contribution is -0.141. The third-order valence-corrected chi connectivity index (χ3v) is 7.56. The van der Waals surface area contributed by atoms with Crippen LogP contribution in [0.1, 0.15) is 22.6 Å². The predicted octanol–water partition coefficient (Wildman–Crippen LogP) is 4.58. The van der Waals surface area contributed by atoms with Gasteiger partial charge in [-0.3, -0.25) is 9.59 Å². The van der Waals surface area contributed by atoms with Gasteiger partial charge in [-0.15, -0.1) is 0 Å². The Morgan fingerprint density at radius 1 is 1.03 bits per heavy atom. The highest BCUT2D eigenvalue weighted by molar-refractivity contribution is 6.30. The van der Waals surface area contributed by atoms with Crippen LogP contribution in [-0.2, 0) is 20.7 Å². The highest BCUT2D eigenvalue weighted by Crippen LogP contribution is 2.52. The molecule has 1 saturated heterocycles. The van der Waals surface area contributed by atoms with Crippen LogP contribution in [0.4, 0.5) is 5.69 Å². The lowest BCUT2D eigenvalue weighted by Crippen LogP contribution is -2.31. The maximum absolute atomic E-state index is 12.9. The molecule has 3 aliphatic rings. The highest BCUT2D eigenvalue weighted by Gasteiger charge is 2.48. The van der Waals surface area contributed by atoms with E-state index < -0.39 is 0 Å². The molecule has 0 spiro atoms. The Hall–Kier alpha value is -4.11. The second-order valence-corrected chi connectivity index (χ2v) is 10.0. The molecule has 0 radical (unpaired) electrons. The van der Waals surface area contributed by atoms with Gasteiger partial charge in [-0.25, -0.2) is 0 Å². The summed E-state index contributed by atoms with van der Waals surface area (Å²) in [5.41, 5.74) is 3.41. The molecular formula is C29H26ClNO8. The summed E-state index contributed by atoms with van der Waals surface area (Å²) >= 11 is 6.00. The molecule has 10 heteroatoms. The third kappa shape index (κ3) is 4.67. The van der Waals surface area contributed by atoms with E-state index in [-0.39, 0.29) is 48.8 Å². The molecule has 9 nitrogen and oxygen atoms in total. The molecule has 0 unspecified atom stereocenters. The van der Waals surface area contributed by atoms with Crippen molar-refractivity contribution in [3.8, 4) is 28.7 Å². The summed E-state index contributed by atoms with van der Waals surface area (Å²) in [7, 11) is 3.02. The van der Waals surface area contributed by atoms with E-state index in [0.717, 1.165) is 16.7 Å². The summed E-state index contributed by atoms with van der Waals surface area (Å²) in [6, 6.07) is 14.4. The second-order valence-electron chi connectivity index (χ2n) is 9.60. The van der Waals surface area contributed by atoms with E-state index in [9.17, 15) is 9.59 Å². The summed E-state index contributed by atoms with van der Waals surface area (Å²) in [6.07, 6.45) is 0.704. The van der Waals surface area contributed by atoms with Crippen molar-refractivity contribution in [3.05, 3.63) is 70.2 Å². The predicted molar refractivity (Wildman–Crippen MR) is 141 cm³/mol. The molecule has 1 N–H and O–H groups in total. The number of nitrogens with one attached hydrogen (secondary N) is 1. The Morgan fingerprint density at radius 3 is 2.49 bits per heavy atom. The number of fused-ring (bicyclic) bond motifs is 3. The van der Waals surface area contributed by atoms with Crippen LogP contribution in [0.3, 0.4) is 0 Å². The van der Waals surface area contributed by atoms with E-state index in [1.165, 1.54) is 14.2 Å². The van der Waals surface area contributed by atoms with Gasteiger partial charge in [0.1, 0.15) is 0 Å². The van der Waals surface area contributed by atoms with Crippen molar-refractivity contribution in [2.75, 3.05) is 39.5 Å². The number of carbonyl (C=O) groups is 2. The van der Waals surface area contributed by atoms with Gasteiger partial charge >= 0.3 is 5.97 Å². The zero-order chi connectivity index (χ0) is 27.1. The Balaban J connectivity index is 1.33. The van der Waals surface area contributed by atoms with E-state index in [1.54, 1.807) is 24.3 Å². The maximum Gasteiger partial charge on any atom is 0.310 e. The largest absolute Gasteiger partial charge is 0.493 e. The number of hydrogen-bond acceptors (Lipinski definition) is 8. The number of hydrogen-bond donors (Lipinski definition) is 1. The molecule has 6 rings (SSSR count). The molecule has 3 aromatic rings. The van der Waals surface area contributed by atoms with E-state index in [2.05, 4.69) is 5.32 Å². The molecule has 0 bridgehead atoms. The van der Waals surface area contributed by atoms with Gasteiger partial charge in [-0.2, -0.15) is 0 Å². The lowest BCUT2D eigenvalue weighted by Gasteiger charge is -2.34. The lowest BCUT2D eigenvalue weighted by atomic mass is 9.67. The topological polar surface area (TPSA) is 102 Å². The van der Waals surface area contributed by atoms with Crippen molar-refractivity contribution in [2.24, 2.45) is 11.8 Å². The fourth-order valence-corrected chi connectivity index (χ4v) is 5.82. The van der Waals surface area contributed by atoms with E-state index in [4.69, 9.17) is 40.0 Å². The van der Waals surface area contributed by atoms with Crippen molar-refractivity contribution in [3.63, 3.8) is 0 Å². The Bertz CT molecular complexity index is 1430. The SMILES string of the molecule is COc1cc([C@@H]2c3cc4c(cc3C[C@H]3COC(=O)[C@@H]32)OCO4)cc(OC)c1OCC(=O)Nc1cccc(Cl)c1. The van der Waals surface area contributed by atoms with Crippen LogP contribution < -0.4 is 29.0 Å². The van der Waals surface area contributed by atoms with Gasteiger partial charge in [0.05, 0.1) is 26.7 Å². The molecule has 1 aliphatic carbocycles. The number of esters is 1. The number of carbonyl (C=O) groups excluding carboxylic acids is 2. The normalized spacial score (nSPS) is 20.5. The van der Waals surface area contributed by atoms with Crippen molar-refractivity contribution in [1.82, 2.24) is 0 Å². The number of ether oxygens (including phenoxy) is 6. The summed E-state index contributed by atoms with van der Waals surface area (Å²) in [6.45, 7) is 0.243. The van der Waals surface area contributed by atoms with Crippen LogP contribution in [0, 0.1) is 11.8 Å². The fraction of sp³-hybridized carbons (Fsp3) is 0.310. The van der Waals surface area contributed by atoms with Gasteiger partial charge in [0.2, 0.25) is 12.5 Å². The van der Waals surface area contributed by atoms with E-state index >= 15 is 0 Å². The van der Waals surface area contributed by atoms with Gasteiger partial charge in [0.25, 0.3) is 5.91 Å². The summed E-state index contributed by atoms with van der Waals surface area (Å²) in [4.78, 5) is 25.5. The Kier molecular flexibility index (Phi) is 6.60. The smallest absolute Gasteiger partial charge is 0.310 e. The average molecular weight is 552 g/mol. The summed E-state index contributed by atoms with van der Waals surface area (Å²) in [5, 5.41) is 3.26. The van der Waals surface area contributed by atoms with Gasteiger partial charge in [-0.05, 0) is 65.6 Å². The van der Waals surface area contributed by atoms with Gasteiger partial charge in [-0.1, -0.05) is 17.7 Å². The minimum Gasteiger partial charge on any atom is -0.493 e. The van der Waals surface area contributed by atoms with Crippen LogP contribution in [0.15, 0.2) is 48.5 Å². The van der Waals surface area contributed by atoms with Crippen LogP contribution in [0.25, 0.3) is 0 Å². The molecule has 0 saturated carbocycles. The number of rotatable bonds is 7. The first-order chi connectivity index (χ1) is 18.9. The summed E-state index contributed by atoms with van der Waals surface area (Å²) in [5.74, 6) is 1.08. The molecule has 39 heavy (non-hydrogen) atoms. The van der Waals surface area contributed by atoms with Crippen LogP contribution in [0.5, 0.6) is 28.7 Å². The number of anilines is 1. The minimum atomic E-state index is -0.376. The van der Waals surface area contributed by atoms with Crippen LogP contribution in [-0.4, -0.2) is 46.1 Å². The number of halogens is 1. The van der Waals surface area contributed by atoms with Gasteiger partial charge in [0, 0.05) is 22.5 Å². The molecule has 3 atom stereocenters. The molecule has 1 amide bonds. The highest BCUT2D eigenvalue weighted by atomic mass is 35.5. The zero-order valence-electron chi connectivity index (χ0n) is 21.3. The first kappa shape index (κ1) is 25.2. The molecule has 2 heterocycles. The van der Waals surface area contributed by atoms with Crippen molar-refractivity contribution < 1.29 is 38.0 Å². The fourth-order valence-electron chi connectivity index (χ4n) is 5.63. The van der Waals surface area contributed by atoms with Gasteiger partial charge in [0.15, 0.2) is 29.6 Å². The van der Waals surface area contributed by atoms with Crippen LogP contribution in [0.2, 0.25) is 5.02 Å². The maximum atomic E-state index is 12.9. The van der Waals surface area contributed by atoms with Crippen molar-refractivity contribution >= 4 is 29.2 Å². The number of benzene rings is 3. The standard InChI is InChI=1S/C29H26ClNO8/c1-34-23-8-16(9-24(35-2)28(23)36-13-25(32)31-19-5-3-4-18(30)10-19)26-20-11-22-21(38-14-39-22)7-15(20)6-17-12-37-29(33)27(17)26/h3-5,7-11,17,26-27H,6,12-14H2,1-2H3,(H,31,32)/t17-,26+,27-/m0/s1. The number of methoxy groups -OCH3 is 2. The Labute approximate surface area is 229 Å². The molecule has 2 aliphatic heterocycles. The average Bonchev–Trinajstić information content (AvgIpc) is 3.54. The first-order valence-corrected chi connectivity index (χ1v) is 12.9. The molecule has 202 valence electrons. The van der Waals surface area contributed by atoms with E-state index in [1.807, 2.05) is 24.3 Å². The van der Waals surface area contributed by atoms with Crippen molar-refractivity contribution in [2.45, 2.75) is 12.3 Å². The van der Waals surface area contributed by atoms with Crippen LogP contribution >= 0.6 is 11.6 Å². The Morgan fingerprint density at radius 2 is 1.77 bits per heavy atom. The summed E-state index contributed by atoms with van der Waals surface area (Å²) < 4.78 is 34.0. The quantitative estimate of drug-likeness (QED) is 0.426. The number of cyclic esters (lactones) is 1. The zero-order valence-corrected chi connectivity index (χ0v) is 22.1. The van der Waals surface area contributed by atoms with Crippen molar-refractivity contribution in [1.29, 1.82) is 0 Å². The minimum absolute atomic E-state index is 0.0264. The molecular weight excluding hydrogens is 526 g/mol. The first-order valence-electron chi connectivity index (χ1n) is 12.5. The monoisotopic (exact) mass is 551 g/mol. The second kappa shape index (κ2) is 10.2. The molecule has 3 aromatic carbocycles.